The number of sulfonamides is 1. The number of nitrogens with one attached hydrogen (secondary N) is 1. The number of hydrogen-bond donors (Lipinski definition) is 1. The van der Waals surface area contributed by atoms with Gasteiger partial charge in [-0.2, -0.15) is 4.31 Å². The van der Waals surface area contributed by atoms with Crippen molar-refractivity contribution in [2.45, 2.75) is 60.2 Å². The Morgan fingerprint density at radius 2 is 1.90 bits per heavy atom. The summed E-state index contributed by atoms with van der Waals surface area (Å²) in [4.78, 5) is 20.6. The van der Waals surface area contributed by atoms with Gasteiger partial charge in [0.15, 0.2) is 5.78 Å². The molecule has 6 nitrogen and oxygen atoms in total. The lowest BCUT2D eigenvalue weighted by molar-refractivity contribution is 0.0995. The van der Waals surface area contributed by atoms with Crippen LogP contribution in [0.1, 0.15) is 49.4 Å². The first-order chi connectivity index (χ1) is 14.9. The normalized spacial score (nSPS) is 16.6. The van der Waals surface area contributed by atoms with Gasteiger partial charge in [-0.05, 0) is 38.0 Å². The summed E-state index contributed by atoms with van der Waals surface area (Å²) in [6, 6.07) is 11.0. The van der Waals surface area contributed by atoms with E-state index in [2.05, 4.69) is 9.97 Å². The van der Waals surface area contributed by atoms with E-state index in [4.69, 9.17) is 0 Å². The Labute approximate surface area is 187 Å². The van der Waals surface area contributed by atoms with Crippen molar-refractivity contribution in [3.05, 3.63) is 54.4 Å². The largest absolute Gasteiger partial charge is 0.360 e. The lowest BCUT2D eigenvalue weighted by Gasteiger charge is -2.30. The number of aromatic nitrogens is 2. The van der Waals surface area contributed by atoms with Crippen LogP contribution >= 0.6 is 11.8 Å². The molecule has 4 rings (SSSR count). The van der Waals surface area contributed by atoms with E-state index in [1.165, 1.54) is 28.7 Å². The molecule has 0 radical (unpaired) electrons. The fourth-order valence-corrected chi connectivity index (χ4v) is 6.34. The zero-order valence-corrected chi connectivity index (χ0v) is 19.4. The second-order valence-corrected chi connectivity index (χ2v) is 11.4. The van der Waals surface area contributed by atoms with Gasteiger partial charge in [0.2, 0.25) is 10.0 Å². The van der Waals surface area contributed by atoms with Crippen molar-refractivity contribution in [3.63, 3.8) is 0 Å². The predicted molar refractivity (Wildman–Crippen MR) is 124 cm³/mol. The average Bonchev–Trinajstić information content (AvgIpc) is 3.23. The van der Waals surface area contributed by atoms with Crippen molar-refractivity contribution in [1.82, 2.24) is 14.3 Å². The molecule has 2 aromatic heterocycles. The highest BCUT2D eigenvalue weighted by atomic mass is 32.2. The maximum atomic E-state index is 13.0. The van der Waals surface area contributed by atoms with Gasteiger partial charge in [0.25, 0.3) is 0 Å². The number of benzene rings is 1. The van der Waals surface area contributed by atoms with E-state index in [-0.39, 0.29) is 22.0 Å². The summed E-state index contributed by atoms with van der Waals surface area (Å²) >= 11 is 1.33. The van der Waals surface area contributed by atoms with E-state index < -0.39 is 10.0 Å². The molecule has 0 unspecified atom stereocenters. The predicted octanol–water partition coefficient (Wildman–Crippen LogP) is 4.88. The molecule has 0 spiro atoms. The number of para-hydroxylation sites is 1. The minimum atomic E-state index is -3.57. The van der Waals surface area contributed by atoms with Crippen molar-refractivity contribution in [2.75, 3.05) is 7.05 Å². The molecule has 1 aliphatic carbocycles. The summed E-state index contributed by atoms with van der Waals surface area (Å²) in [7, 11) is -1.91. The number of H-pyrrole nitrogens is 1. The summed E-state index contributed by atoms with van der Waals surface area (Å²) in [6.07, 6.45) is 8.28. The van der Waals surface area contributed by atoms with Crippen molar-refractivity contribution in [2.24, 2.45) is 0 Å². The van der Waals surface area contributed by atoms with E-state index >= 15 is 0 Å². The number of carbonyl (C=O) groups is 1. The number of Topliss-reactive ketones (excluding diaryl/α,β-unsaturated/α-hetero) is 1. The number of nitrogens with zero attached hydrogens (tertiary/aromatic N) is 2. The maximum absolute atomic E-state index is 13.0. The summed E-state index contributed by atoms with van der Waals surface area (Å²) in [6.45, 7) is 1.85. The molecule has 31 heavy (non-hydrogen) atoms. The smallest absolute Gasteiger partial charge is 0.244 e. The zero-order chi connectivity index (χ0) is 22.0. The minimum absolute atomic E-state index is 0.0120. The average molecular weight is 458 g/mol. The Balaban J connectivity index is 1.46. The first kappa shape index (κ1) is 22.0. The number of aromatic amines is 1. The van der Waals surface area contributed by atoms with Crippen molar-refractivity contribution in [3.8, 4) is 0 Å². The van der Waals surface area contributed by atoms with E-state index in [9.17, 15) is 13.2 Å². The quantitative estimate of drug-likeness (QED) is 0.404. The van der Waals surface area contributed by atoms with Crippen LogP contribution in [-0.4, -0.2) is 46.8 Å². The number of thioether (sulfide) groups is 1. The Morgan fingerprint density at radius 1 is 1.16 bits per heavy atom. The molecule has 0 aliphatic heterocycles. The van der Waals surface area contributed by atoms with Gasteiger partial charge < -0.3 is 4.98 Å². The van der Waals surface area contributed by atoms with Crippen LogP contribution in [0.3, 0.4) is 0 Å². The minimum Gasteiger partial charge on any atom is -0.360 e. The molecule has 0 amide bonds. The molecule has 1 aromatic carbocycles. The summed E-state index contributed by atoms with van der Waals surface area (Å²) in [5.41, 5.74) is 1.58. The molecule has 3 aromatic rings. The Morgan fingerprint density at radius 3 is 2.61 bits per heavy atom. The number of rotatable bonds is 7. The molecule has 1 fully saturated rings. The van der Waals surface area contributed by atoms with Crippen molar-refractivity contribution >= 4 is 38.5 Å². The van der Waals surface area contributed by atoms with Gasteiger partial charge in [-0.1, -0.05) is 49.2 Å². The van der Waals surface area contributed by atoms with Crippen molar-refractivity contribution < 1.29 is 13.2 Å². The Kier molecular flexibility index (Phi) is 6.50. The molecule has 8 heteroatoms. The van der Waals surface area contributed by atoms with Crippen LogP contribution in [-0.2, 0) is 10.0 Å². The van der Waals surface area contributed by atoms with E-state index in [1.807, 2.05) is 31.2 Å². The number of fused-ring (bicyclic) bond motifs is 1. The van der Waals surface area contributed by atoms with Gasteiger partial charge in [-0.15, -0.1) is 0 Å². The highest BCUT2D eigenvalue weighted by molar-refractivity contribution is 8.00. The van der Waals surface area contributed by atoms with Crippen LogP contribution in [0.4, 0.5) is 0 Å². The van der Waals surface area contributed by atoms with Gasteiger partial charge in [0.05, 0.1) is 10.3 Å². The topological polar surface area (TPSA) is 83.1 Å². The van der Waals surface area contributed by atoms with Crippen LogP contribution in [0.15, 0.2) is 58.7 Å². The molecule has 1 aliphatic rings. The van der Waals surface area contributed by atoms with Gasteiger partial charge in [-0.3, -0.25) is 4.79 Å². The fourth-order valence-electron chi connectivity index (χ4n) is 4.13. The van der Waals surface area contributed by atoms with E-state index in [0.717, 1.165) is 36.6 Å². The summed E-state index contributed by atoms with van der Waals surface area (Å²) in [5.74, 6) is 0.0120. The lowest BCUT2D eigenvalue weighted by atomic mass is 9.96. The molecule has 1 atom stereocenters. The van der Waals surface area contributed by atoms with Gasteiger partial charge in [-0.25, -0.2) is 13.4 Å². The van der Waals surface area contributed by atoms with Crippen LogP contribution in [0.5, 0.6) is 0 Å². The van der Waals surface area contributed by atoms with Crippen LogP contribution in [0.25, 0.3) is 10.9 Å². The van der Waals surface area contributed by atoms with Gasteiger partial charge >= 0.3 is 0 Å². The van der Waals surface area contributed by atoms with Crippen LogP contribution in [0, 0.1) is 0 Å². The number of pyridine rings is 1. The number of carbonyl (C=O) groups excluding carboxylic acids is 1. The Bertz CT molecular complexity index is 1170. The standard InChI is InChI=1S/C23H27N3O3S2/c1-16(23(27)20-15-24-21-11-7-6-10-19(20)21)30-22-13-12-18(14-25-22)31(28,29)26(2)17-8-4-3-5-9-17/h6-7,10-17,24H,3-5,8-9H2,1-2H3/t16-/m0/s1. The van der Waals surface area contributed by atoms with Gasteiger partial charge in [0.1, 0.15) is 4.90 Å². The van der Waals surface area contributed by atoms with Crippen LogP contribution < -0.4 is 0 Å². The molecule has 1 N–H and O–H groups in total. The highest BCUT2D eigenvalue weighted by Gasteiger charge is 2.29. The third-order valence-electron chi connectivity index (χ3n) is 6.00. The monoisotopic (exact) mass is 457 g/mol. The molecule has 2 heterocycles. The number of ketones is 1. The Hall–Kier alpha value is -2.16. The third kappa shape index (κ3) is 4.56. The molecular formula is C23H27N3O3S2. The van der Waals surface area contributed by atoms with Crippen molar-refractivity contribution in [1.29, 1.82) is 0 Å². The molecule has 1 saturated carbocycles. The highest BCUT2D eigenvalue weighted by Crippen LogP contribution is 2.29. The second-order valence-electron chi connectivity index (χ2n) is 8.02. The maximum Gasteiger partial charge on any atom is 0.244 e. The third-order valence-corrected chi connectivity index (χ3v) is 8.94. The summed E-state index contributed by atoms with van der Waals surface area (Å²) < 4.78 is 27.4. The summed E-state index contributed by atoms with van der Waals surface area (Å²) in [5, 5.41) is 1.18. The van der Waals surface area contributed by atoms with E-state index in [0.29, 0.717) is 10.6 Å². The first-order valence-corrected chi connectivity index (χ1v) is 12.9. The fraction of sp³-hybridized carbons (Fsp3) is 0.391. The first-order valence-electron chi connectivity index (χ1n) is 10.6. The van der Waals surface area contributed by atoms with Crippen LogP contribution in [0.2, 0.25) is 0 Å². The number of hydrogen-bond acceptors (Lipinski definition) is 5. The lowest BCUT2D eigenvalue weighted by Crippen LogP contribution is -2.38. The molecular weight excluding hydrogens is 430 g/mol. The SMILES string of the molecule is C[C@H](Sc1ccc(S(=O)(=O)N(C)C2CCCCC2)cn1)C(=O)c1c[nH]c2ccccc12. The molecule has 0 saturated heterocycles. The zero-order valence-electron chi connectivity index (χ0n) is 17.7. The van der Waals surface area contributed by atoms with Gasteiger partial charge in [0, 0.05) is 41.9 Å². The molecule has 164 valence electrons. The van der Waals surface area contributed by atoms with E-state index in [1.54, 1.807) is 25.4 Å². The second kappa shape index (κ2) is 9.14. The molecule has 0 bridgehead atoms.